The largest absolute Gasteiger partial charge is 0.404 e. The van der Waals surface area contributed by atoms with E-state index in [4.69, 9.17) is 33.0 Å². The Morgan fingerprint density at radius 3 is 1.41 bits per heavy atom. The maximum absolute atomic E-state index is 8.69. The number of nitrogens with zero attached hydrogens (tertiary/aromatic N) is 3. The van der Waals surface area contributed by atoms with Gasteiger partial charge in [0.05, 0.1) is 18.2 Å². The summed E-state index contributed by atoms with van der Waals surface area (Å²) in [5, 5.41) is 26.0. The second-order valence-electron chi connectivity index (χ2n) is 9.95. The van der Waals surface area contributed by atoms with Crippen LogP contribution in [0.25, 0.3) is 16.7 Å². The fourth-order valence-corrected chi connectivity index (χ4v) is 3.75. The zero-order valence-corrected chi connectivity index (χ0v) is 26.1. The lowest BCUT2D eigenvalue weighted by atomic mass is 10.0. The van der Waals surface area contributed by atoms with E-state index in [1.165, 1.54) is 23.5 Å². The smallest absolute Gasteiger partial charge is 0.0944 e. The van der Waals surface area contributed by atoms with Crippen LogP contribution in [0.3, 0.4) is 0 Å². The molecule has 0 amide bonds. The fraction of sp³-hybridized carbons (Fsp3) is 0.132. The van der Waals surface area contributed by atoms with Crippen LogP contribution in [0.5, 0.6) is 0 Å². The van der Waals surface area contributed by atoms with Gasteiger partial charge in [-0.3, -0.25) is 0 Å². The van der Waals surface area contributed by atoms with Gasteiger partial charge in [0.1, 0.15) is 0 Å². The van der Waals surface area contributed by atoms with Gasteiger partial charge in [0, 0.05) is 34.8 Å². The molecule has 0 radical (unpaired) electrons. The van der Waals surface area contributed by atoms with E-state index in [0.717, 1.165) is 33.4 Å². The van der Waals surface area contributed by atoms with Crippen molar-refractivity contribution in [3.8, 4) is 18.2 Å². The van der Waals surface area contributed by atoms with Crippen LogP contribution in [0.1, 0.15) is 48.6 Å². The van der Waals surface area contributed by atoms with Crippen LogP contribution in [0, 0.1) is 47.8 Å². The monoisotopic (exact) mass is 580 g/mol. The number of nitrogen functional groups attached to an aromatic ring is 1. The van der Waals surface area contributed by atoms with E-state index in [-0.39, 0.29) is 0 Å². The van der Waals surface area contributed by atoms with Crippen molar-refractivity contribution >= 4 is 22.4 Å². The summed E-state index contributed by atoms with van der Waals surface area (Å²) in [6, 6.07) is 29.7. The maximum atomic E-state index is 8.69. The molecule has 6 heteroatoms. The van der Waals surface area contributed by atoms with E-state index in [0.29, 0.717) is 22.4 Å². The maximum Gasteiger partial charge on any atom is 0.0944 e. The average molecular weight is 581 g/mol. The third-order valence-corrected chi connectivity index (χ3v) is 5.98. The van der Waals surface area contributed by atoms with Gasteiger partial charge >= 0.3 is 0 Å². The second kappa shape index (κ2) is 19.2. The molecular formula is C38H40N6. The molecule has 0 heterocycles. The highest BCUT2D eigenvalue weighted by molar-refractivity contribution is 5.77. The SMILES string of the molecule is C/C(C#N)=C\C(=C/N)c1cccc(C)c1.C/C(C#N)=C\C(=C/N)c1cccc(N)c1.C=C(/C=C(\C)C#N)c1cccc(C)c1. The summed E-state index contributed by atoms with van der Waals surface area (Å²) in [5.74, 6) is 0. The molecule has 3 aromatic rings. The van der Waals surface area contributed by atoms with Gasteiger partial charge in [0.25, 0.3) is 0 Å². The van der Waals surface area contributed by atoms with Gasteiger partial charge in [-0.15, -0.1) is 0 Å². The first kappa shape index (κ1) is 36.0. The van der Waals surface area contributed by atoms with E-state index in [9.17, 15) is 0 Å². The predicted molar refractivity (Wildman–Crippen MR) is 185 cm³/mol. The summed E-state index contributed by atoms with van der Waals surface area (Å²) in [6.45, 7) is 13.3. The lowest BCUT2D eigenvalue weighted by Crippen LogP contribution is -1.90. The Labute approximate surface area is 262 Å². The van der Waals surface area contributed by atoms with Crippen molar-refractivity contribution in [3.05, 3.63) is 155 Å². The van der Waals surface area contributed by atoms with E-state index in [2.05, 4.69) is 24.8 Å². The molecule has 0 spiro atoms. The molecule has 0 unspecified atom stereocenters. The van der Waals surface area contributed by atoms with Crippen LogP contribution in [0.15, 0.2) is 127 Å². The average Bonchev–Trinajstić information content (AvgIpc) is 3.02. The zero-order chi connectivity index (χ0) is 33.1. The van der Waals surface area contributed by atoms with Crippen molar-refractivity contribution in [3.63, 3.8) is 0 Å². The molecule has 6 N–H and O–H groups in total. The Hall–Kier alpha value is -6.03. The number of benzene rings is 3. The van der Waals surface area contributed by atoms with Crippen LogP contribution in [0.2, 0.25) is 0 Å². The molecule has 0 aliphatic carbocycles. The highest BCUT2D eigenvalue weighted by Gasteiger charge is 2.00. The third-order valence-electron chi connectivity index (χ3n) is 5.98. The van der Waals surface area contributed by atoms with Crippen LogP contribution in [0.4, 0.5) is 5.69 Å². The van der Waals surface area contributed by atoms with Crippen molar-refractivity contribution in [1.29, 1.82) is 15.8 Å². The molecule has 0 aromatic heterocycles. The summed E-state index contributed by atoms with van der Waals surface area (Å²) in [5.41, 5.74) is 27.2. The molecule has 6 nitrogen and oxygen atoms in total. The fourth-order valence-electron chi connectivity index (χ4n) is 3.75. The number of aryl methyl sites for hydroxylation is 2. The Morgan fingerprint density at radius 2 is 1.00 bits per heavy atom. The summed E-state index contributed by atoms with van der Waals surface area (Å²) < 4.78 is 0. The molecule has 0 aliphatic rings. The van der Waals surface area contributed by atoms with Crippen LogP contribution in [-0.4, -0.2) is 0 Å². The minimum atomic E-state index is 0.606. The molecule has 0 fully saturated rings. The van der Waals surface area contributed by atoms with Gasteiger partial charge in [-0.1, -0.05) is 78.4 Å². The number of rotatable bonds is 6. The molecule has 3 rings (SSSR count). The molecule has 0 saturated carbocycles. The van der Waals surface area contributed by atoms with Crippen molar-refractivity contribution in [2.45, 2.75) is 34.6 Å². The van der Waals surface area contributed by atoms with Gasteiger partial charge in [-0.05, 0) is 98.4 Å². The summed E-state index contributed by atoms with van der Waals surface area (Å²) >= 11 is 0. The molecule has 0 bridgehead atoms. The Kier molecular flexibility index (Phi) is 15.7. The minimum Gasteiger partial charge on any atom is -0.404 e. The number of hydrogen-bond acceptors (Lipinski definition) is 6. The quantitative estimate of drug-likeness (QED) is 0.152. The van der Waals surface area contributed by atoms with Crippen molar-refractivity contribution in [2.75, 3.05) is 5.73 Å². The first-order chi connectivity index (χ1) is 21.0. The normalized spacial score (nSPS) is 11.8. The Balaban J connectivity index is 0.000000330. The van der Waals surface area contributed by atoms with E-state index < -0.39 is 0 Å². The van der Waals surface area contributed by atoms with E-state index in [1.54, 1.807) is 45.1 Å². The lowest BCUT2D eigenvalue weighted by molar-refractivity contribution is 1.42. The number of nitriles is 3. The minimum absolute atomic E-state index is 0.606. The summed E-state index contributed by atoms with van der Waals surface area (Å²) in [6.07, 6.45) is 8.31. The molecular weight excluding hydrogens is 540 g/mol. The number of nitrogens with two attached hydrogens (primary N) is 3. The highest BCUT2D eigenvalue weighted by atomic mass is 14.5. The van der Waals surface area contributed by atoms with Gasteiger partial charge < -0.3 is 17.2 Å². The standard InChI is InChI=1S/C13H14N2.C13H13N.C12H13N3/c1-10-4-3-5-12(6-10)13(9-15)7-11(2)8-14;1-10-5-4-6-13(8-10)12(3)7-11(2)9-14;1-9(7-13)5-11(8-14)10-3-2-4-12(15)6-10/h3-7,9H,15H2,1-2H3;4-8H,3H2,1-2H3;2-6,8H,14-15H2,1H3/b11-7+,13-9+;11-7+;9-5+,11-8+. The summed E-state index contributed by atoms with van der Waals surface area (Å²) in [4.78, 5) is 0. The predicted octanol–water partition coefficient (Wildman–Crippen LogP) is 8.28. The van der Waals surface area contributed by atoms with Gasteiger partial charge in [-0.2, -0.15) is 15.8 Å². The second-order valence-corrected chi connectivity index (χ2v) is 9.95. The van der Waals surface area contributed by atoms with E-state index in [1.807, 2.05) is 80.6 Å². The molecule has 0 atom stereocenters. The highest BCUT2D eigenvalue weighted by Crippen LogP contribution is 2.19. The first-order valence-electron chi connectivity index (χ1n) is 13.8. The number of hydrogen-bond donors (Lipinski definition) is 3. The Morgan fingerprint density at radius 1 is 0.614 bits per heavy atom. The van der Waals surface area contributed by atoms with Crippen LogP contribution >= 0.6 is 0 Å². The van der Waals surface area contributed by atoms with Crippen LogP contribution < -0.4 is 17.2 Å². The zero-order valence-electron chi connectivity index (χ0n) is 26.1. The van der Waals surface area contributed by atoms with Crippen molar-refractivity contribution in [1.82, 2.24) is 0 Å². The van der Waals surface area contributed by atoms with Gasteiger partial charge in [0.2, 0.25) is 0 Å². The molecule has 0 aliphatic heterocycles. The molecule has 44 heavy (non-hydrogen) atoms. The van der Waals surface area contributed by atoms with Crippen molar-refractivity contribution < 1.29 is 0 Å². The third kappa shape index (κ3) is 13.1. The lowest BCUT2D eigenvalue weighted by Gasteiger charge is -2.03. The summed E-state index contributed by atoms with van der Waals surface area (Å²) in [7, 11) is 0. The van der Waals surface area contributed by atoms with Crippen molar-refractivity contribution in [2.24, 2.45) is 11.5 Å². The number of anilines is 1. The van der Waals surface area contributed by atoms with Crippen LogP contribution in [-0.2, 0) is 0 Å². The molecule has 3 aromatic carbocycles. The first-order valence-corrected chi connectivity index (χ1v) is 13.8. The topological polar surface area (TPSA) is 149 Å². The van der Waals surface area contributed by atoms with E-state index >= 15 is 0 Å². The van der Waals surface area contributed by atoms with Gasteiger partial charge in [-0.25, -0.2) is 0 Å². The Bertz CT molecular complexity index is 1640. The number of allylic oxidation sites excluding steroid dienone is 9. The van der Waals surface area contributed by atoms with Gasteiger partial charge in [0.15, 0.2) is 0 Å². The molecule has 0 saturated heterocycles. The molecule has 222 valence electrons.